The average Bonchev–Trinajstić information content (AvgIpc) is 3.03. The number of aliphatic carboxylic acids is 3. The van der Waals surface area contributed by atoms with Gasteiger partial charge in [-0.2, -0.15) is 0 Å². The molecular weight excluding hydrogens is 578 g/mol. The van der Waals surface area contributed by atoms with Gasteiger partial charge in [-0.25, -0.2) is 0 Å². The van der Waals surface area contributed by atoms with E-state index < -0.39 is 35.7 Å². The molecule has 0 aromatic heterocycles. The first-order valence-electron chi connectivity index (χ1n) is 19.3. The summed E-state index contributed by atoms with van der Waals surface area (Å²) in [6.07, 6.45) is 31.5. The van der Waals surface area contributed by atoms with Gasteiger partial charge in [0.05, 0.1) is 26.2 Å². The number of hydrogen-bond acceptors (Lipinski definition) is 3. The molecule has 7 heteroatoms. The third kappa shape index (κ3) is 22.6. The number of carboxylic acid groups (broad SMARTS) is 3. The Morgan fingerprint density at radius 1 is 0.478 bits per heavy atom. The summed E-state index contributed by atoms with van der Waals surface area (Å²) in [5.74, 6) is -4.50. The highest BCUT2D eigenvalue weighted by atomic mass is 16.4. The second-order valence-corrected chi connectivity index (χ2v) is 14.0. The Hall–Kier alpha value is -1.89. The molecule has 0 spiro atoms. The lowest BCUT2D eigenvalue weighted by Gasteiger charge is -2.43. The lowest BCUT2D eigenvalue weighted by molar-refractivity contribution is -0.935. The topological polar surface area (TPSA) is 112 Å². The minimum absolute atomic E-state index is 0.262. The predicted molar refractivity (Wildman–Crippen MR) is 191 cm³/mol. The molecule has 0 amide bonds. The number of nitrogens with zero attached hydrogens (tertiary/aromatic N) is 1. The molecule has 270 valence electrons. The lowest BCUT2D eigenvalue weighted by Crippen LogP contribution is -2.58. The number of carbonyl (C=O) groups is 3. The molecule has 0 aromatic carbocycles. The molecule has 3 N–H and O–H groups in total. The second-order valence-electron chi connectivity index (χ2n) is 14.0. The fraction of sp³-hybridized carbons (Fsp3) is 0.872. The SMILES string of the molecule is C/C=C/CCCCCCCCCCCCCCCCCCCCC[N+](CC(CC)C(=O)O)(CC(CC)C(=O)O)CC(CC)C(=O)O. The minimum atomic E-state index is -0.885. The predicted octanol–water partition coefficient (Wildman–Crippen LogP) is 10.5. The van der Waals surface area contributed by atoms with Crippen molar-refractivity contribution < 1.29 is 34.2 Å². The van der Waals surface area contributed by atoms with Crippen LogP contribution in [0.25, 0.3) is 0 Å². The van der Waals surface area contributed by atoms with Crippen LogP contribution in [0.15, 0.2) is 12.2 Å². The highest BCUT2D eigenvalue weighted by Crippen LogP contribution is 2.25. The maximum atomic E-state index is 12.0. The van der Waals surface area contributed by atoms with E-state index in [-0.39, 0.29) is 24.1 Å². The molecule has 0 saturated carbocycles. The van der Waals surface area contributed by atoms with Crippen LogP contribution in [0.4, 0.5) is 0 Å². The van der Waals surface area contributed by atoms with Crippen molar-refractivity contribution in [3.05, 3.63) is 12.2 Å². The summed E-state index contributed by atoms with van der Waals surface area (Å²) in [5, 5.41) is 29.5. The van der Waals surface area contributed by atoms with Gasteiger partial charge in [0.25, 0.3) is 0 Å². The number of unbranched alkanes of at least 4 members (excludes halogenated alkanes) is 19. The molecule has 0 aromatic rings. The fourth-order valence-corrected chi connectivity index (χ4v) is 6.93. The first kappa shape index (κ1) is 44.1. The van der Waals surface area contributed by atoms with Crippen LogP contribution in [-0.4, -0.2) is 63.9 Å². The lowest BCUT2D eigenvalue weighted by atomic mass is 9.95. The number of allylic oxidation sites excluding steroid dienone is 2. The second kappa shape index (κ2) is 29.3. The number of quaternary nitrogens is 1. The molecule has 0 fully saturated rings. The summed E-state index contributed by atoms with van der Waals surface area (Å²) >= 11 is 0. The van der Waals surface area contributed by atoms with Crippen molar-refractivity contribution in [3.63, 3.8) is 0 Å². The van der Waals surface area contributed by atoms with E-state index >= 15 is 0 Å². The van der Waals surface area contributed by atoms with Crippen molar-refractivity contribution >= 4 is 17.9 Å². The molecule has 7 nitrogen and oxygen atoms in total. The maximum Gasteiger partial charge on any atom is 0.312 e. The van der Waals surface area contributed by atoms with E-state index in [0.717, 1.165) is 19.3 Å². The van der Waals surface area contributed by atoms with Crippen molar-refractivity contribution in [2.75, 3.05) is 26.2 Å². The van der Waals surface area contributed by atoms with E-state index in [1.807, 2.05) is 20.8 Å². The Labute approximate surface area is 283 Å². The van der Waals surface area contributed by atoms with Crippen molar-refractivity contribution in [3.8, 4) is 0 Å². The highest BCUT2D eigenvalue weighted by Gasteiger charge is 2.40. The largest absolute Gasteiger partial charge is 0.481 e. The fourth-order valence-electron chi connectivity index (χ4n) is 6.93. The van der Waals surface area contributed by atoms with E-state index in [4.69, 9.17) is 0 Å². The molecule has 0 radical (unpaired) electrons. The zero-order chi connectivity index (χ0) is 34.5. The standard InChI is InChI=1S/C39H73NO6/c1-5-9-10-11-12-13-14-15-16-17-18-19-20-21-22-23-24-25-26-27-28-29-30-40(31-34(6-2)37(41)42,32-35(7-3)38(43)44)33-36(8-4)39(45)46/h5,9,34-36H,6-8,10-33H2,1-4H3,(H2-,41,42,43,44,45,46)/p+1/b9-5+. The first-order chi connectivity index (χ1) is 22.2. The van der Waals surface area contributed by atoms with Gasteiger partial charge in [0, 0.05) is 0 Å². The van der Waals surface area contributed by atoms with E-state index in [9.17, 15) is 29.7 Å². The third-order valence-electron chi connectivity index (χ3n) is 10.1. The van der Waals surface area contributed by atoms with E-state index in [1.54, 1.807) is 0 Å². The molecule has 0 bridgehead atoms. The maximum absolute atomic E-state index is 12.0. The van der Waals surface area contributed by atoms with Crippen molar-refractivity contribution in [1.29, 1.82) is 0 Å². The van der Waals surface area contributed by atoms with Crippen LogP contribution in [0.3, 0.4) is 0 Å². The minimum Gasteiger partial charge on any atom is -0.481 e. The van der Waals surface area contributed by atoms with Gasteiger partial charge in [-0.1, -0.05) is 136 Å². The molecule has 3 atom stereocenters. The van der Waals surface area contributed by atoms with Gasteiger partial charge < -0.3 is 19.8 Å². The summed E-state index contributed by atoms with van der Waals surface area (Å²) in [6.45, 7) is 9.12. The van der Waals surface area contributed by atoms with Crippen LogP contribution in [0.2, 0.25) is 0 Å². The zero-order valence-electron chi connectivity index (χ0n) is 30.5. The molecule has 0 aliphatic heterocycles. The van der Waals surface area contributed by atoms with Gasteiger partial charge in [0.15, 0.2) is 0 Å². The molecule has 0 aliphatic carbocycles. The van der Waals surface area contributed by atoms with Gasteiger partial charge in [-0.3, -0.25) is 14.4 Å². The Balaban J connectivity index is 4.39. The van der Waals surface area contributed by atoms with Crippen LogP contribution in [0, 0.1) is 17.8 Å². The van der Waals surface area contributed by atoms with Crippen LogP contribution >= 0.6 is 0 Å². The van der Waals surface area contributed by atoms with Gasteiger partial charge >= 0.3 is 17.9 Å². The van der Waals surface area contributed by atoms with E-state index in [1.165, 1.54) is 109 Å². The number of carboxylic acids is 3. The molecule has 0 heterocycles. The molecule has 0 aliphatic rings. The summed E-state index contributed by atoms with van der Waals surface area (Å²) < 4.78 is 0.262. The normalized spacial score (nSPS) is 15.0. The van der Waals surface area contributed by atoms with E-state index in [0.29, 0.717) is 25.8 Å². The van der Waals surface area contributed by atoms with Gasteiger partial charge in [0.2, 0.25) is 0 Å². The summed E-state index contributed by atoms with van der Waals surface area (Å²) in [7, 11) is 0. The monoisotopic (exact) mass is 653 g/mol. The first-order valence-corrected chi connectivity index (χ1v) is 19.3. The third-order valence-corrected chi connectivity index (χ3v) is 10.1. The molecule has 3 unspecified atom stereocenters. The van der Waals surface area contributed by atoms with E-state index in [2.05, 4.69) is 19.1 Å². The Kier molecular flexibility index (Phi) is 28.1. The highest BCUT2D eigenvalue weighted by molar-refractivity contribution is 5.71. The average molecular weight is 653 g/mol. The van der Waals surface area contributed by atoms with Crippen LogP contribution in [-0.2, 0) is 14.4 Å². The van der Waals surface area contributed by atoms with Crippen LogP contribution in [0.1, 0.15) is 175 Å². The van der Waals surface area contributed by atoms with Crippen LogP contribution < -0.4 is 0 Å². The number of rotatable bonds is 34. The van der Waals surface area contributed by atoms with Gasteiger partial charge in [-0.15, -0.1) is 0 Å². The van der Waals surface area contributed by atoms with Crippen molar-refractivity contribution in [2.45, 2.75) is 175 Å². The molecule has 46 heavy (non-hydrogen) atoms. The van der Waals surface area contributed by atoms with Gasteiger partial charge in [0.1, 0.15) is 17.8 Å². The summed E-state index contributed by atoms with van der Waals surface area (Å²) in [4.78, 5) is 36.0. The molecule has 0 rings (SSSR count). The van der Waals surface area contributed by atoms with Crippen molar-refractivity contribution in [2.24, 2.45) is 17.8 Å². The summed E-state index contributed by atoms with van der Waals surface area (Å²) in [5.41, 5.74) is 0. The zero-order valence-corrected chi connectivity index (χ0v) is 30.5. The summed E-state index contributed by atoms with van der Waals surface area (Å²) in [6, 6.07) is 0. The quantitative estimate of drug-likeness (QED) is 0.0362. The molecular formula is C39H74NO6+. The Bertz CT molecular complexity index is 738. The Morgan fingerprint density at radius 3 is 0.978 bits per heavy atom. The molecule has 0 saturated heterocycles. The number of hydrogen-bond donors (Lipinski definition) is 3. The van der Waals surface area contributed by atoms with Gasteiger partial charge in [-0.05, 0) is 51.9 Å². The van der Waals surface area contributed by atoms with Crippen LogP contribution in [0.5, 0.6) is 0 Å². The smallest absolute Gasteiger partial charge is 0.312 e. The Morgan fingerprint density at radius 2 is 0.739 bits per heavy atom. The van der Waals surface area contributed by atoms with Crippen molar-refractivity contribution in [1.82, 2.24) is 0 Å².